The topological polar surface area (TPSA) is 107 Å². The molecule has 0 aliphatic carbocycles. The predicted octanol–water partition coefficient (Wildman–Crippen LogP) is 1.97. The number of carbonyl (C=O) groups excluding carboxylic acids is 1. The molecule has 0 fully saturated rings. The van der Waals surface area contributed by atoms with Gasteiger partial charge in [-0.1, -0.05) is 12.1 Å². The highest BCUT2D eigenvalue weighted by atomic mass is 16.5. The molecule has 1 heterocycles. The summed E-state index contributed by atoms with van der Waals surface area (Å²) in [5.41, 5.74) is 1.10. The fourth-order valence-electron chi connectivity index (χ4n) is 2.84. The van der Waals surface area contributed by atoms with Crippen molar-refractivity contribution in [1.82, 2.24) is 5.32 Å². The molecule has 1 amide bonds. The number of hydrogen-bond acceptors (Lipinski definition) is 7. The van der Waals surface area contributed by atoms with Crippen LogP contribution in [0.1, 0.15) is 0 Å². The summed E-state index contributed by atoms with van der Waals surface area (Å²) in [6.45, 7) is 0.0204. The van der Waals surface area contributed by atoms with Crippen molar-refractivity contribution in [3.8, 4) is 22.6 Å². The molecule has 158 valence electrons. The molecule has 0 saturated heterocycles. The first-order valence-electron chi connectivity index (χ1n) is 9.29. The number of rotatable bonds is 9. The Labute approximate surface area is 173 Å². The number of hydrogen-bond donors (Lipinski definition) is 2. The number of nitrogens with one attached hydrogen (secondary N) is 1. The lowest BCUT2D eigenvalue weighted by Gasteiger charge is -2.11. The average molecular weight is 413 g/mol. The van der Waals surface area contributed by atoms with E-state index in [1.54, 1.807) is 55.6 Å². The molecular formula is C22H23NO7. The van der Waals surface area contributed by atoms with Gasteiger partial charge in [-0.25, -0.2) is 4.79 Å². The minimum absolute atomic E-state index is 0.0809. The molecule has 30 heavy (non-hydrogen) atoms. The van der Waals surface area contributed by atoms with Crippen LogP contribution in [0.25, 0.3) is 22.1 Å². The van der Waals surface area contributed by atoms with Gasteiger partial charge in [-0.2, -0.15) is 0 Å². The molecule has 2 N–H and O–H groups in total. The zero-order valence-corrected chi connectivity index (χ0v) is 16.7. The summed E-state index contributed by atoms with van der Waals surface area (Å²) in [6.07, 6.45) is -0.771. The summed E-state index contributed by atoms with van der Waals surface area (Å²) >= 11 is 0. The monoisotopic (exact) mass is 413 g/mol. The van der Waals surface area contributed by atoms with E-state index in [1.165, 1.54) is 7.11 Å². The van der Waals surface area contributed by atoms with Gasteiger partial charge in [-0.05, 0) is 42.0 Å². The highest BCUT2D eigenvalue weighted by molar-refractivity contribution is 5.83. The predicted molar refractivity (Wildman–Crippen MR) is 111 cm³/mol. The number of ether oxygens (including phenoxy) is 3. The van der Waals surface area contributed by atoms with Crippen LogP contribution in [0, 0.1) is 0 Å². The van der Waals surface area contributed by atoms with Crippen molar-refractivity contribution < 1.29 is 28.5 Å². The third-order valence-electron chi connectivity index (χ3n) is 4.37. The standard InChI is InChI=1S/C22H23NO7/c1-27-12-16(24)11-23-21(25)13-29-17-5-3-14(4-6-17)19-10-15-9-18(28-2)7-8-20(15)30-22(19)26/h3-10,16,24H,11-13H2,1-2H3,(H,23,25)/t16-/m0/s1. The Morgan fingerprint density at radius 2 is 1.83 bits per heavy atom. The average Bonchev–Trinajstić information content (AvgIpc) is 2.76. The van der Waals surface area contributed by atoms with Gasteiger partial charge in [0.15, 0.2) is 6.61 Å². The molecule has 8 heteroatoms. The Bertz CT molecular complexity index is 1060. The highest BCUT2D eigenvalue weighted by Crippen LogP contribution is 2.25. The van der Waals surface area contributed by atoms with E-state index in [4.69, 9.17) is 18.6 Å². The molecule has 3 rings (SSSR count). The molecule has 0 saturated carbocycles. The van der Waals surface area contributed by atoms with E-state index < -0.39 is 11.7 Å². The van der Waals surface area contributed by atoms with Gasteiger partial charge in [0, 0.05) is 19.0 Å². The molecule has 0 radical (unpaired) electrons. The lowest BCUT2D eigenvalue weighted by molar-refractivity contribution is -0.123. The maximum absolute atomic E-state index is 12.4. The minimum Gasteiger partial charge on any atom is -0.497 e. The van der Waals surface area contributed by atoms with Gasteiger partial charge >= 0.3 is 5.63 Å². The first-order chi connectivity index (χ1) is 14.5. The minimum atomic E-state index is -0.771. The Balaban J connectivity index is 1.66. The van der Waals surface area contributed by atoms with Crippen molar-refractivity contribution in [2.45, 2.75) is 6.10 Å². The van der Waals surface area contributed by atoms with E-state index in [1.807, 2.05) is 0 Å². The van der Waals surface area contributed by atoms with E-state index in [-0.39, 0.29) is 25.7 Å². The smallest absolute Gasteiger partial charge is 0.344 e. The fraction of sp³-hybridized carbons (Fsp3) is 0.273. The van der Waals surface area contributed by atoms with Crippen molar-refractivity contribution in [1.29, 1.82) is 0 Å². The lowest BCUT2D eigenvalue weighted by Crippen LogP contribution is -2.36. The Morgan fingerprint density at radius 3 is 2.53 bits per heavy atom. The second-order valence-electron chi connectivity index (χ2n) is 6.58. The van der Waals surface area contributed by atoms with Gasteiger partial charge in [0.25, 0.3) is 5.91 Å². The third kappa shape index (κ3) is 5.37. The molecular weight excluding hydrogens is 390 g/mol. The summed E-state index contributed by atoms with van der Waals surface area (Å²) in [5.74, 6) is 0.774. The number of aliphatic hydroxyl groups excluding tert-OH is 1. The first-order valence-corrected chi connectivity index (χ1v) is 9.29. The van der Waals surface area contributed by atoms with E-state index in [0.29, 0.717) is 28.2 Å². The SMILES string of the molecule is COC[C@@H](O)CNC(=O)COc1ccc(-c2cc3cc(OC)ccc3oc2=O)cc1. The van der Waals surface area contributed by atoms with Crippen LogP contribution < -0.4 is 20.4 Å². The summed E-state index contributed by atoms with van der Waals surface area (Å²) in [7, 11) is 3.04. The second kappa shape index (κ2) is 9.91. The van der Waals surface area contributed by atoms with Crippen molar-refractivity contribution in [3.05, 3.63) is 59.0 Å². The van der Waals surface area contributed by atoms with Gasteiger partial charge in [-0.15, -0.1) is 0 Å². The van der Waals surface area contributed by atoms with E-state index in [0.717, 1.165) is 5.39 Å². The molecule has 1 aromatic heterocycles. The largest absolute Gasteiger partial charge is 0.497 e. The summed E-state index contributed by atoms with van der Waals surface area (Å²) in [6, 6.07) is 13.7. The zero-order valence-electron chi connectivity index (χ0n) is 16.7. The van der Waals surface area contributed by atoms with E-state index in [2.05, 4.69) is 5.32 Å². The molecule has 0 unspecified atom stereocenters. The molecule has 2 aromatic carbocycles. The number of benzene rings is 2. The summed E-state index contributed by atoms with van der Waals surface area (Å²) in [4.78, 5) is 24.1. The molecule has 0 aliphatic heterocycles. The van der Waals surface area contributed by atoms with Gasteiger partial charge < -0.3 is 29.1 Å². The van der Waals surface area contributed by atoms with Gasteiger partial charge in [0.05, 0.1) is 25.4 Å². The van der Waals surface area contributed by atoms with Crippen molar-refractivity contribution in [3.63, 3.8) is 0 Å². The van der Waals surface area contributed by atoms with E-state index >= 15 is 0 Å². The molecule has 8 nitrogen and oxygen atoms in total. The lowest BCUT2D eigenvalue weighted by atomic mass is 10.1. The number of carbonyl (C=O) groups is 1. The van der Waals surface area contributed by atoms with Crippen molar-refractivity contribution in [2.24, 2.45) is 0 Å². The zero-order chi connectivity index (χ0) is 21.5. The number of methoxy groups -OCH3 is 2. The maximum atomic E-state index is 12.4. The Kier molecular flexibility index (Phi) is 7.05. The Morgan fingerprint density at radius 1 is 1.10 bits per heavy atom. The number of aliphatic hydroxyl groups is 1. The second-order valence-corrected chi connectivity index (χ2v) is 6.58. The van der Waals surface area contributed by atoms with Crippen LogP contribution in [0.4, 0.5) is 0 Å². The maximum Gasteiger partial charge on any atom is 0.344 e. The van der Waals surface area contributed by atoms with Crippen molar-refractivity contribution in [2.75, 3.05) is 34.0 Å². The third-order valence-corrected chi connectivity index (χ3v) is 4.37. The van der Waals surface area contributed by atoms with Gasteiger partial charge in [0.2, 0.25) is 0 Å². The highest BCUT2D eigenvalue weighted by Gasteiger charge is 2.10. The van der Waals surface area contributed by atoms with Gasteiger partial charge in [0.1, 0.15) is 17.1 Å². The normalized spacial score (nSPS) is 11.8. The van der Waals surface area contributed by atoms with Crippen LogP contribution in [0.3, 0.4) is 0 Å². The molecule has 3 aromatic rings. The number of amides is 1. The summed E-state index contributed by atoms with van der Waals surface area (Å²) < 4.78 is 20.8. The van der Waals surface area contributed by atoms with E-state index in [9.17, 15) is 14.7 Å². The van der Waals surface area contributed by atoms with Crippen LogP contribution in [0.2, 0.25) is 0 Å². The van der Waals surface area contributed by atoms with Crippen molar-refractivity contribution >= 4 is 16.9 Å². The molecule has 1 atom stereocenters. The first kappa shape index (κ1) is 21.4. The van der Waals surface area contributed by atoms with Crippen LogP contribution in [-0.2, 0) is 9.53 Å². The van der Waals surface area contributed by atoms with Crippen LogP contribution in [0.15, 0.2) is 57.7 Å². The molecule has 0 spiro atoms. The van der Waals surface area contributed by atoms with Crippen LogP contribution in [-0.4, -0.2) is 51.1 Å². The Hall–Kier alpha value is -3.36. The quantitative estimate of drug-likeness (QED) is 0.517. The van der Waals surface area contributed by atoms with Crippen LogP contribution in [0.5, 0.6) is 11.5 Å². The van der Waals surface area contributed by atoms with Crippen LogP contribution >= 0.6 is 0 Å². The molecule has 0 bridgehead atoms. The number of fused-ring (bicyclic) bond motifs is 1. The fourth-order valence-corrected chi connectivity index (χ4v) is 2.84. The summed E-state index contributed by atoms with van der Waals surface area (Å²) in [5, 5.41) is 12.8. The van der Waals surface area contributed by atoms with Gasteiger partial charge in [-0.3, -0.25) is 4.79 Å². The molecule has 0 aliphatic rings.